The Bertz CT molecular complexity index is 134. The van der Waals surface area contributed by atoms with Crippen molar-refractivity contribution in [1.29, 1.82) is 0 Å². The summed E-state index contributed by atoms with van der Waals surface area (Å²) in [4.78, 5) is 0. The molecular formula is C18H40CaO. The molecule has 0 saturated heterocycles. The van der Waals surface area contributed by atoms with Gasteiger partial charge in [0.05, 0.1) is 0 Å². The summed E-state index contributed by atoms with van der Waals surface area (Å²) in [6, 6.07) is 0. The molecule has 120 valence electrons. The van der Waals surface area contributed by atoms with Crippen molar-refractivity contribution < 1.29 is 5.11 Å². The average molecular weight is 313 g/mol. The third-order valence-electron chi connectivity index (χ3n) is 4.01. The number of hydrogen-bond donors (Lipinski definition) is 1. The summed E-state index contributed by atoms with van der Waals surface area (Å²) in [5.41, 5.74) is 0. The van der Waals surface area contributed by atoms with Crippen LogP contribution in [0.3, 0.4) is 0 Å². The fraction of sp³-hybridized carbons (Fsp3) is 1.00. The normalized spacial score (nSPS) is 10.5. The summed E-state index contributed by atoms with van der Waals surface area (Å²) in [6.07, 6.45) is 22.2. The van der Waals surface area contributed by atoms with Crippen molar-refractivity contribution in [3.63, 3.8) is 0 Å². The molecule has 0 rings (SSSR count). The van der Waals surface area contributed by atoms with Crippen LogP contribution in [0.2, 0.25) is 0 Å². The Balaban J connectivity index is 0. The standard InChI is InChI=1S/C18H38O.Ca.2H/c1-2-3-4-5-6-7-8-9-10-11-12-13-14-15-16-17-18-19;;;/h19H,2-18H2,1H3;;;. The second kappa shape index (κ2) is 22.5. The van der Waals surface area contributed by atoms with Gasteiger partial charge in [0, 0.05) is 6.61 Å². The van der Waals surface area contributed by atoms with Gasteiger partial charge in [-0.25, -0.2) is 0 Å². The van der Waals surface area contributed by atoms with Gasteiger partial charge in [-0.05, 0) is 6.42 Å². The van der Waals surface area contributed by atoms with Crippen LogP contribution in [0.1, 0.15) is 110 Å². The van der Waals surface area contributed by atoms with Gasteiger partial charge in [-0.3, -0.25) is 0 Å². The fourth-order valence-corrected chi connectivity index (χ4v) is 2.66. The summed E-state index contributed by atoms with van der Waals surface area (Å²) in [5.74, 6) is 0. The molecule has 0 radical (unpaired) electrons. The van der Waals surface area contributed by atoms with Gasteiger partial charge in [-0.1, -0.05) is 103 Å². The Morgan fingerprint density at radius 2 is 0.700 bits per heavy atom. The van der Waals surface area contributed by atoms with Crippen molar-refractivity contribution in [2.45, 2.75) is 110 Å². The molecule has 0 amide bonds. The maximum absolute atomic E-state index is 8.67. The van der Waals surface area contributed by atoms with Crippen LogP contribution in [-0.2, 0) is 0 Å². The van der Waals surface area contributed by atoms with E-state index < -0.39 is 0 Å². The van der Waals surface area contributed by atoms with Crippen LogP contribution >= 0.6 is 0 Å². The molecule has 0 aromatic rings. The number of aliphatic hydroxyl groups excluding tert-OH is 1. The van der Waals surface area contributed by atoms with Crippen LogP contribution in [0.5, 0.6) is 0 Å². The van der Waals surface area contributed by atoms with Gasteiger partial charge in [-0.2, -0.15) is 0 Å². The first-order valence-corrected chi connectivity index (χ1v) is 9.02. The summed E-state index contributed by atoms with van der Waals surface area (Å²) < 4.78 is 0. The van der Waals surface area contributed by atoms with Crippen molar-refractivity contribution in [2.24, 2.45) is 0 Å². The molecule has 0 spiro atoms. The Hall–Kier alpha value is 1.22. The van der Waals surface area contributed by atoms with Crippen LogP contribution in [0.15, 0.2) is 0 Å². The summed E-state index contributed by atoms with van der Waals surface area (Å²) in [5, 5.41) is 8.67. The van der Waals surface area contributed by atoms with Crippen molar-refractivity contribution in [1.82, 2.24) is 0 Å². The zero-order valence-electron chi connectivity index (χ0n) is 13.5. The van der Waals surface area contributed by atoms with E-state index in [4.69, 9.17) is 5.11 Å². The fourth-order valence-electron chi connectivity index (χ4n) is 2.66. The van der Waals surface area contributed by atoms with Crippen molar-refractivity contribution >= 4 is 37.7 Å². The van der Waals surface area contributed by atoms with Gasteiger partial charge in [0.1, 0.15) is 0 Å². The molecule has 0 heterocycles. The number of rotatable bonds is 16. The van der Waals surface area contributed by atoms with Crippen LogP contribution in [0.25, 0.3) is 0 Å². The first-order valence-electron chi connectivity index (χ1n) is 9.02. The SMILES string of the molecule is CCCCCCCCCCCCCCCCCCO.[CaH2]. The van der Waals surface area contributed by atoms with Crippen molar-refractivity contribution in [3.05, 3.63) is 0 Å². The monoisotopic (exact) mass is 312 g/mol. The van der Waals surface area contributed by atoms with Gasteiger partial charge in [0.2, 0.25) is 0 Å². The first kappa shape index (κ1) is 23.5. The second-order valence-electron chi connectivity index (χ2n) is 6.03. The molecule has 0 saturated carbocycles. The van der Waals surface area contributed by atoms with Gasteiger partial charge < -0.3 is 5.11 Å². The number of hydrogen-bond acceptors (Lipinski definition) is 1. The molecule has 2 heteroatoms. The Labute approximate surface area is 158 Å². The van der Waals surface area contributed by atoms with E-state index in [0.29, 0.717) is 6.61 Å². The van der Waals surface area contributed by atoms with Gasteiger partial charge in [0.25, 0.3) is 0 Å². The zero-order chi connectivity index (χ0) is 14.0. The molecule has 0 aromatic heterocycles. The third kappa shape index (κ3) is 21.5. The molecular weight excluding hydrogens is 272 g/mol. The molecule has 0 fully saturated rings. The van der Waals surface area contributed by atoms with E-state index in [1.807, 2.05) is 0 Å². The van der Waals surface area contributed by atoms with Crippen LogP contribution in [-0.4, -0.2) is 49.5 Å². The van der Waals surface area contributed by atoms with E-state index in [9.17, 15) is 0 Å². The molecule has 1 N–H and O–H groups in total. The van der Waals surface area contributed by atoms with E-state index in [0.717, 1.165) is 6.42 Å². The molecule has 0 unspecified atom stereocenters. The molecule has 1 nitrogen and oxygen atoms in total. The Morgan fingerprint density at radius 1 is 0.450 bits per heavy atom. The topological polar surface area (TPSA) is 20.2 Å². The maximum atomic E-state index is 8.67. The number of unbranched alkanes of at least 4 members (excludes halogenated alkanes) is 15. The Morgan fingerprint density at radius 3 is 0.950 bits per heavy atom. The average Bonchev–Trinajstić information content (AvgIpc) is 2.43. The summed E-state index contributed by atoms with van der Waals surface area (Å²) in [7, 11) is 0. The molecule has 0 aliphatic carbocycles. The van der Waals surface area contributed by atoms with Crippen LogP contribution < -0.4 is 0 Å². The van der Waals surface area contributed by atoms with Gasteiger partial charge in [0.15, 0.2) is 0 Å². The van der Waals surface area contributed by atoms with Crippen molar-refractivity contribution in [2.75, 3.05) is 6.61 Å². The quantitative estimate of drug-likeness (QED) is 0.302. The molecule has 0 bridgehead atoms. The number of aliphatic hydroxyl groups is 1. The van der Waals surface area contributed by atoms with E-state index in [1.54, 1.807) is 0 Å². The van der Waals surface area contributed by atoms with Gasteiger partial charge in [-0.15, -0.1) is 0 Å². The second-order valence-corrected chi connectivity index (χ2v) is 6.03. The minimum absolute atomic E-state index is 0. The van der Waals surface area contributed by atoms with Crippen LogP contribution in [0, 0.1) is 0 Å². The molecule has 0 atom stereocenters. The molecule has 0 aliphatic rings. The molecule has 0 aliphatic heterocycles. The predicted octanol–water partition coefficient (Wildman–Crippen LogP) is 5.32. The molecule has 0 aromatic carbocycles. The summed E-state index contributed by atoms with van der Waals surface area (Å²) >= 11 is 0. The minimum atomic E-state index is 0. The first-order chi connectivity index (χ1) is 9.41. The third-order valence-corrected chi connectivity index (χ3v) is 4.01. The van der Waals surface area contributed by atoms with E-state index in [-0.39, 0.29) is 37.7 Å². The Kier molecular flexibility index (Phi) is 26.4. The zero-order valence-corrected chi connectivity index (χ0v) is 13.5. The summed E-state index contributed by atoms with van der Waals surface area (Å²) in [6.45, 7) is 2.66. The van der Waals surface area contributed by atoms with E-state index >= 15 is 0 Å². The van der Waals surface area contributed by atoms with Gasteiger partial charge >= 0.3 is 37.7 Å². The van der Waals surface area contributed by atoms with E-state index in [2.05, 4.69) is 6.92 Å². The van der Waals surface area contributed by atoms with Crippen LogP contribution in [0.4, 0.5) is 0 Å². The van der Waals surface area contributed by atoms with E-state index in [1.165, 1.54) is 96.3 Å². The van der Waals surface area contributed by atoms with Crippen molar-refractivity contribution in [3.8, 4) is 0 Å². The molecule has 20 heavy (non-hydrogen) atoms. The predicted molar refractivity (Wildman–Crippen MR) is 95.2 cm³/mol.